The molecule has 0 unspecified atom stereocenters. The van der Waals surface area contributed by atoms with Crippen LogP contribution in [0.25, 0.3) is 0 Å². The predicted octanol–water partition coefficient (Wildman–Crippen LogP) is 2.18. The first-order valence-corrected chi connectivity index (χ1v) is 5.08. The van der Waals surface area contributed by atoms with Gasteiger partial charge in [-0.15, -0.1) is 0 Å². The van der Waals surface area contributed by atoms with Crippen LogP contribution in [0.2, 0.25) is 0 Å². The SMILES string of the molecule is CCc1ccc(OCCOC)c([N+](=O)[O-])c1. The highest BCUT2D eigenvalue weighted by Gasteiger charge is 2.15. The third-order valence-corrected chi connectivity index (χ3v) is 2.17. The molecule has 88 valence electrons. The van der Waals surface area contributed by atoms with Gasteiger partial charge in [0, 0.05) is 13.2 Å². The van der Waals surface area contributed by atoms with Crippen molar-refractivity contribution in [2.24, 2.45) is 0 Å². The molecule has 5 nitrogen and oxygen atoms in total. The molecule has 0 heterocycles. The smallest absolute Gasteiger partial charge is 0.311 e. The lowest BCUT2D eigenvalue weighted by Gasteiger charge is -2.07. The van der Waals surface area contributed by atoms with Crippen LogP contribution in [-0.2, 0) is 11.2 Å². The molecule has 5 heteroatoms. The molecule has 0 amide bonds. The Kier molecular flexibility index (Phi) is 4.72. The number of methoxy groups -OCH3 is 1. The highest BCUT2D eigenvalue weighted by Crippen LogP contribution is 2.28. The summed E-state index contributed by atoms with van der Waals surface area (Å²) < 4.78 is 10.1. The number of hydrogen-bond acceptors (Lipinski definition) is 4. The van der Waals surface area contributed by atoms with Gasteiger partial charge in [-0.2, -0.15) is 0 Å². The number of nitro benzene ring substituents is 1. The van der Waals surface area contributed by atoms with E-state index in [2.05, 4.69) is 0 Å². The maximum Gasteiger partial charge on any atom is 0.311 e. The average molecular weight is 225 g/mol. The summed E-state index contributed by atoms with van der Waals surface area (Å²) >= 11 is 0. The van der Waals surface area contributed by atoms with Crippen LogP contribution in [0.4, 0.5) is 5.69 Å². The molecule has 0 aromatic heterocycles. The van der Waals surface area contributed by atoms with E-state index in [-0.39, 0.29) is 5.69 Å². The number of nitro groups is 1. The Morgan fingerprint density at radius 3 is 2.69 bits per heavy atom. The Morgan fingerprint density at radius 2 is 2.12 bits per heavy atom. The Hall–Kier alpha value is -1.62. The van der Waals surface area contributed by atoms with Crippen LogP contribution in [0.1, 0.15) is 12.5 Å². The fraction of sp³-hybridized carbons (Fsp3) is 0.455. The summed E-state index contributed by atoms with van der Waals surface area (Å²) in [5.74, 6) is 0.291. The summed E-state index contributed by atoms with van der Waals surface area (Å²) in [5.41, 5.74) is 0.932. The first kappa shape index (κ1) is 12.4. The highest BCUT2D eigenvalue weighted by atomic mass is 16.6. The van der Waals surface area contributed by atoms with Crippen molar-refractivity contribution in [3.63, 3.8) is 0 Å². The lowest BCUT2D eigenvalue weighted by molar-refractivity contribution is -0.385. The zero-order chi connectivity index (χ0) is 12.0. The van der Waals surface area contributed by atoms with Crippen molar-refractivity contribution < 1.29 is 14.4 Å². The zero-order valence-corrected chi connectivity index (χ0v) is 9.43. The van der Waals surface area contributed by atoms with Crippen molar-refractivity contribution in [3.8, 4) is 5.75 Å². The molecule has 16 heavy (non-hydrogen) atoms. The van der Waals surface area contributed by atoms with Gasteiger partial charge >= 0.3 is 5.69 Å². The minimum atomic E-state index is -0.429. The first-order chi connectivity index (χ1) is 7.69. The van der Waals surface area contributed by atoms with Gasteiger partial charge in [-0.3, -0.25) is 10.1 Å². The van der Waals surface area contributed by atoms with Crippen LogP contribution in [0, 0.1) is 10.1 Å². The topological polar surface area (TPSA) is 61.6 Å². The van der Waals surface area contributed by atoms with Crippen molar-refractivity contribution in [2.75, 3.05) is 20.3 Å². The summed E-state index contributed by atoms with van der Waals surface area (Å²) in [6.45, 7) is 2.67. The molecule has 0 bridgehead atoms. The van der Waals surface area contributed by atoms with E-state index in [9.17, 15) is 10.1 Å². The fourth-order valence-corrected chi connectivity index (χ4v) is 1.28. The lowest BCUT2D eigenvalue weighted by atomic mass is 10.1. The van der Waals surface area contributed by atoms with Gasteiger partial charge in [0.15, 0.2) is 5.75 Å². The molecule has 0 fully saturated rings. The van der Waals surface area contributed by atoms with Gasteiger partial charge < -0.3 is 9.47 Å². The average Bonchev–Trinajstić information content (AvgIpc) is 2.29. The number of nitrogens with zero attached hydrogens (tertiary/aromatic N) is 1. The fourth-order valence-electron chi connectivity index (χ4n) is 1.28. The largest absolute Gasteiger partial charge is 0.484 e. The number of ether oxygens (including phenoxy) is 2. The Balaban J connectivity index is 2.85. The molecule has 0 aliphatic rings. The van der Waals surface area contributed by atoms with E-state index in [1.807, 2.05) is 13.0 Å². The zero-order valence-electron chi connectivity index (χ0n) is 9.43. The Bertz CT molecular complexity index is 365. The molecule has 0 N–H and O–H groups in total. The highest BCUT2D eigenvalue weighted by molar-refractivity contribution is 5.48. The van der Waals surface area contributed by atoms with Crippen LogP contribution >= 0.6 is 0 Å². The van der Waals surface area contributed by atoms with Gasteiger partial charge in [0.2, 0.25) is 0 Å². The Labute approximate surface area is 94.1 Å². The molecular formula is C11H15NO4. The molecule has 1 aromatic rings. The van der Waals surface area contributed by atoms with Crippen molar-refractivity contribution in [1.82, 2.24) is 0 Å². The summed E-state index contributed by atoms with van der Waals surface area (Å²) in [5, 5.41) is 10.8. The quantitative estimate of drug-likeness (QED) is 0.423. The first-order valence-electron chi connectivity index (χ1n) is 5.08. The van der Waals surface area contributed by atoms with Crippen LogP contribution < -0.4 is 4.74 Å². The second-order valence-corrected chi connectivity index (χ2v) is 3.25. The maximum absolute atomic E-state index is 10.8. The van der Waals surface area contributed by atoms with Crippen molar-refractivity contribution in [1.29, 1.82) is 0 Å². The van der Waals surface area contributed by atoms with Crippen molar-refractivity contribution in [2.45, 2.75) is 13.3 Å². The second kappa shape index (κ2) is 6.07. The molecule has 0 spiro atoms. The standard InChI is InChI=1S/C11H15NO4/c1-3-9-4-5-11(16-7-6-15-2)10(8-9)12(13)14/h4-5,8H,3,6-7H2,1-2H3. The lowest BCUT2D eigenvalue weighted by Crippen LogP contribution is -2.06. The number of aryl methyl sites for hydroxylation is 1. The number of hydrogen-bond donors (Lipinski definition) is 0. The molecule has 1 rings (SSSR count). The van der Waals surface area contributed by atoms with Gasteiger partial charge in [0.05, 0.1) is 11.5 Å². The molecule has 1 aromatic carbocycles. The number of rotatable bonds is 6. The molecule has 0 aliphatic heterocycles. The Morgan fingerprint density at radius 1 is 1.38 bits per heavy atom. The van der Waals surface area contributed by atoms with E-state index < -0.39 is 4.92 Å². The van der Waals surface area contributed by atoms with E-state index in [0.29, 0.717) is 19.0 Å². The van der Waals surface area contributed by atoms with E-state index in [0.717, 1.165) is 12.0 Å². The molecule has 0 saturated heterocycles. The normalized spacial score (nSPS) is 10.1. The van der Waals surface area contributed by atoms with Crippen molar-refractivity contribution >= 4 is 5.69 Å². The van der Waals surface area contributed by atoms with Gasteiger partial charge in [-0.1, -0.05) is 13.0 Å². The van der Waals surface area contributed by atoms with Crippen LogP contribution in [0.5, 0.6) is 5.75 Å². The summed E-state index contributed by atoms with van der Waals surface area (Å²) in [7, 11) is 1.55. The number of benzene rings is 1. The monoisotopic (exact) mass is 225 g/mol. The summed E-state index contributed by atoms with van der Waals surface area (Å²) in [6, 6.07) is 5.00. The van der Waals surface area contributed by atoms with E-state index in [1.54, 1.807) is 19.2 Å². The molecule has 0 saturated carbocycles. The molecule has 0 atom stereocenters. The van der Waals surface area contributed by atoms with E-state index in [4.69, 9.17) is 9.47 Å². The maximum atomic E-state index is 10.8. The van der Waals surface area contributed by atoms with Crippen LogP contribution in [0.3, 0.4) is 0 Å². The minimum absolute atomic E-state index is 0.00968. The predicted molar refractivity (Wildman–Crippen MR) is 59.8 cm³/mol. The molecule has 0 aliphatic carbocycles. The minimum Gasteiger partial charge on any atom is -0.484 e. The van der Waals surface area contributed by atoms with Crippen LogP contribution in [-0.4, -0.2) is 25.2 Å². The van der Waals surface area contributed by atoms with Crippen molar-refractivity contribution in [3.05, 3.63) is 33.9 Å². The second-order valence-electron chi connectivity index (χ2n) is 3.25. The van der Waals surface area contributed by atoms with Gasteiger partial charge in [-0.05, 0) is 18.1 Å². The third kappa shape index (κ3) is 3.20. The third-order valence-electron chi connectivity index (χ3n) is 2.17. The van der Waals surface area contributed by atoms with E-state index >= 15 is 0 Å². The molecule has 0 radical (unpaired) electrons. The van der Waals surface area contributed by atoms with Crippen LogP contribution in [0.15, 0.2) is 18.2 Å². The molecular weight excluding hydrogens is 210 g/mol. The van der Waals surface area contributed by atoms with E-state index in [1.165, 1.54) is 0 Å². The summed E-state index contributed by atoms with van der Waals surface area (Å²) in [6.07, 6.45) is 0.763. The van der Waals surface area contributed by atoms with Gasteiger partial charge in [-0.25, -0.2) is 0 Å². The summed E-state index contributed by atoms with van der Waals surface area (Å²) in [4.78, 5) is 10.4. The van der Waals surface area contributed by atoms with Gasteiger partial charge in [0.1, 0.15) is 6.61 Å². The van der Waals surface area contributed by atoms with Gasteiger partial charge in [0.25, 0.3) is 0 Å².